The van der Waals surface area contributed by atoms with Gasteiger partial charge in [-0.3, -0.25) is 9.69 Å². The van der Waals surface area contributed by atoms with E-state index in [0.717, 1.165) is 42.3 Å². The van der Waals surface area contributed by atoms with Crippen LogP contribution >= 0.6 is 0 Å². The van der Waals surface area contributed by atoms with Crippen LogP contribution in [0.1, 0.15) is 40.7 Å². The van der Waals surface area contributed by atoms with Gasteiger partial charge in [0.25, 0.3) is 5.91 Å². The van der Waals surface area contributed by atoms with Gasteiger partial charge in [0.05, 0.1) is 39.1 Å². The molecule has 2 aromatic rings. The van der Waals surface area contributed by atoms with Crippen molar-refractivity contribution in [1.29, 1.82) is 0 Å². The first-order valence-corrected chi connectivity index (χ1v) is 15.9. The fourth-order valence-electron chi connectivity index (χ4n) is 5.94. The van der Waals surface area contributed by atoms with Crippen LogP contribution in [0.5, 0.6) is 11.5 Å². The molecule has 250 valence electrons. The van der Waals surface area contributed by atoms with E-state index in [-0.39, 0.29) is 43.5 Å². The van der Waals surface area contributed by atoms with Crippen molar-refractivity contribution in [3.63, 3.8) is 0 Å². The number of hydrogen-bond donors (Lipinski definition) is 1. The Hall–Kier alpha value is -3.68. The number of nitrogens with zero attached hydrogens (tertiary/aromatic N) is 2. The number of hydrogen-bond acceptors (Lipinski definition) is 11. The standard InChI is InChI=1S/C34H44N2O10/c1-3-43-34-27(10-16-41-18-19-42-17-15-37)28(25-5-7-26(8-6-25)33(39)40-2)21-31(46-34)32(38)36-13-11-35(12-14-36)22-24-4-9-29-30(20-24)45-23-44-29/h4-9,20-21,27-28,34,37H,3,10-19,22-23H2,1-2H3/t27-,28-,34-/m0/s1. The van der Waals surface area contributed by atoms with E-state index in [1.807, 2.05) is 48.2 Å². The number of piperazine rings is 1. The van der Waals surface area contributed by atoms with E-state index in [9.17, 15) is 9.59 Å². The number of carbonyl (C=O) groups is 2. The van der Waals surface area contributed by atoms with Crippen molar-refractivity contribution < 1.29 is 47.9 Å². The molecule has 0 bridgehead atoms. The third kappa shape index (κ3) is 8.56. The topological polar surface area (TPSA) is 125 Å². The monoisotopic (exact) mass is 640 g/mol. The Labute approximate surface area is 269 Å². The Morgan fingerprint density at radius 3 is 2.39 bits per heavy atom. The van der Waals surface area contributed by atoms with E-state index in [1.165, 1.54) is 7.11 Å². The summed E-state index contributed by atoms with van der Waals surface area (Å²) >= 11 is 0. The lowest BCUT2D eigenvalue weighted by Gasteiger charge is -2.39. The largest absolute Gasteiger partial charge is 0.465 e. The quantitative estimate of drug-likeness (QED) is 0.228. The summed E-state index contributed by atoms with van der Waals surface area (Å²) in [5.41, 5.74) is 2.51. The molecule has 5 rings (SSSR count). The molecule has 0 aromatic heterocycles. The zero-order chi connectivity index (χ0) is 32.3. The fourth-order valence-corrected chi connectivity index (χ4v) is 5.94. The second kappa shape index (κ2) is 16.8. The number of esters is 1. The van der Waals surface area contributed by atoms with Crippen LogP contribution in [0.2, 0.25) is 0 Å². The van der Waals surface area contributed by atoms with Gasteiger partial charge in [0.2, 0.25) is 13.1 Å². The van der Waals surface area contributed by atoms with Gasteiger partial charge in [0, 0.05) is 57.8 Å². The van der Waals surface area contributed by atoms with Crippen molar-refractivity contribution in [3.8, 4) is 11.5 Å². The average molecular weight is 641 g/mol. The SMILES string of the molecule is CCO[C@H]1OC(C(=O)N2CCN(Cc3ccc4c(c3)OCO4)CC2)=C[C@@H](c2ccc(C(=O)OC)cc2)[C@@H]1CCOCCOCCO. The summed E-state index contributed by atoms with van der Waals surface area (Å²) in [6.07, 6.45) is 1.82. The van der Waals surface area contributed by atoms with Crippen molar-refractivity contribution in [2.75, 3.05) is 79.7 Å². The average Bonchev–Trinajstić information content (AvgIpc) is 3.56. The Morgan fingerprint density at radius 2 is 1.67 bits per heavy atom. The fraction of sp³-hybridized carbons (Fsp3) is 0.529. The predicted octanol–water partition coefficient (Wildman–Crippen LogP) is 2.94. The molecule has 2 aromatic carbocycles. The first kappa shape index (κ1) is 33.7. The molecule has 0 unspecified atom stereocenters. The van der Waals surface area contributed by atoms with E-state index >= 15 is 0 Å². The third-order valence-corrected chi connectivity index (χ3v) is 8.35. The maximum Gasteiger partial charge on any atom is 0.337 e. The summed E-state index contributed by atoms with van der Waals surface area (Å²) in [4.78, 5) is 30.1. The Bertz CT molecular complexity index is 1330. The van der Waals surface area contributed by atoms with Crippen molar-refractivity contribution in [3.05, 3.63) is 71.0 Å². The molecule has 3 aliphatic heterocycles. The summed E-state index contributed by atoms with van der Waals surface area (Å²) in [6, 6.07) is 13.2. The van der Waals surface area contributed by atoms with Gasteiger partial charge in [-0.15, -0.1) is 0 Å². The van der Waals surface area contributed by atoms with Gasteiger partial charge in [-0.05, 0) is 54.8 Å². The van der Waals surface area contributed by atoms with E-state index < -0.39 is 12.3 Å². The van der Waals surface area contributed by atoms with Crippen LogP contribution in [0, 0.1) is 5.92 Å². The molecule has 0 spiro atoms. The van der Waals surface area contributed by atoms with E-state index in [4.69, 9.17) is 38.3 Å². The number of ether oxygens (including phenoxy) is 7. The van der Waals surface area contributed by atoms with Gasteiger partial charge in [-0.1, -0.05) is 18.2 Å². The molecule has 46 heavy (non-hydrogen) atoms. The number of methoxy groups -OCH3 is 1. The summed E-state index contributed by atoms with van der Waals surface area (Å²) < 4.78 is 39.3. The van der Waals surface area contributed by atoms with Crippen LogP contribution in [-0.4, -0.2) is 113 Å². The molecule has 3 atom stereocenters. The van der Waals surface area contributed by atoms with Crippen LogP contribution in [0.15, 0.2) is 54.3 Å². The van der Waals surface area contributed by atoms with Gasteiger partial charge < -0.3 is 43.2 Å². The molecule has 12 nitrogen and oxygen atoms in total. The number of fused-ring (bicyclic) bond motifs is 1. The molecule has 0 radical (unpaired) electrons. The first-order valence-electron chi connectivity index (χ1n) is 15.9. The van der Waals surface area contributed by atoms with Crippen LogP contribution in [0.3, 0.4) is 0 Å². The second-order valence-corrected chi connectivity index (χ2v) is 11.3. The molecule has 3 heterocycles. The van der Waals surface area contributed by atoms with Gasteiger partial charge in [0.1, 0.15) is 0 Å². The number of amides is 1. The lowest BCUT2D eigenvalue weighted by molar-refractivity contribution is -0.172. The van der Waals surface area contributed by atoms with E-state index in [2.05, 4.69) is 4.90 Å². The van der Waals surface area contributed by atoms with Crippen molar-refractivity contribution in [2.24, 2.45) is 5.92 Å². The maximum absolute atomic E-state index is 13.9. The summed E-state index contributed by atoms with van der Waals surface area (Å²) in [6.45, 7) is 7.34. The van der Waals surface area contributed by atoms with Crippen LogP contribution in [-0.2, 0) is 35.0 Å². The van der Waals surface area contributed by atoms with Crippen LogP contribution < -0.4 is 9.47 Å². The molecule has 12 heteroatoms. The third-order valence-electron chi connectivity index (χ3n) is 8.35. The number of carbonyl (C=O) groups excluding carboxylic acids is 2. The highest BCUT2D eigenvalue weighted by Gasteiger charge is 2.39. The number of allylic oxidation sites excluding steroid dienone is 1. The Kier molecular flexibility index (Phi) is 12.3. The molecule has 1 fully saturated rings. The first-order chi connectivity index (χ1) is 22.5. The Balaban J connectivity index is 1.27. The summed E-state index contributed by atoms with van der Waals surface area (Å²) in [5.74, 6) is 0.834. The lowest BCUT2D eigenvalue weighted by atomic mass is 9.81. The minimum absolute atomic E-state index is 0.0316. The smallest absolute Gasteiger partial charge is 0.337 e. The Morgan fingerprint density at radius 1 is 0.935 bits per heavy atom. The van der Waals surface area contributed by atoms with Gasteiger partial charge in [0.15, 0.2) is 17.3 Å². The lowest BCUT2D eigenvalue weighted by Crippen LogP contribution is -2.50. The van der Waals surface area contributed by atoms with Crippen molar-refractivity contribution in [1.82, 2.24) is 9.80 Å². The zero-order valence-electron chi connectivity index (χ0n) is 26.6. The molecule has 0 aliphatic carbocycles. The maximum atomic E-state index is 13.9. The van der Waals surface area contributed by atoms with E-state index in [0.29, 0.717) is 51.5 Å². The van der Waals surface area contributed by atoms with Crippen LogP contribution in [0.25, 0.3) is 0 Å². The summed E-state index contributed by atoms with van der Waals surface area (Å²) in [7, 11) is 1.35. The molecule has 3 aliphatic rings. The minimum atomic E-state index is -0.666. The van der Waals surface area contributed by atoms with Crippen molar-refractivity contribution >= 4 is 11.9 Å². The van der Waals surface area contributed by atoms with Gasteiger partial charge in [-0.2, -0.15) is 0 Å². The second-order valence-electron chi connectivity index (χ2n) is 11.3. The molecule has 0 saturated carbocycles. The van der Waals surface area contributed by atoms with E-state index in [1.54, 1.807) is 12.1 Å². The highest BCUT2D eigenvalue weighted by Crippen LogP contribution is 2.39. The molecular formula is C34H44N2O10. The molecular weight excluding hydrogens is 596 g/mol. The number of rotatable bonds is 15. The number of benzene rings is 2. The number of aliphatic hydroxyl groups excluding tert-OH is 1. The summed E-state index contributed by atoms with van der Waals surface area (Å²) in [5, 5.41) is 8.89. The zero-order valence-corrected chi connectivity index (χ0v) is 26.6. The van der Waals surface area contributed by atoms with Gasteiger partial charge in [-0.25, -0.2) is 4.79 Å². The normalized spacial score (nSPS) is 21.1. The highest BCUT2D eigenvalue weighted by atomic mass is 16.7. The van der Waals surface area contributed by atoms with Crippen molar-refractivity contribution in [2.45, 2.75) is 32.1 Å². The molecule has 1 saturated heterocycles. The van der Waals surface area contributed by atoms with Crippen LogP contribution in [0.4, 0.5) is 0 Å². The minimum Gasteiger partial charge on any atom is -0.465 e. The predicted molar refractivity (Wildman–Crippen MR) is 166 cm³/mol. The van der Waals surface area contributed by atoms with Gasteiger partial charge >= 0.3 is 5.97 Å². The molecule has 1 amide bonds. The highest BCUT2D eigenvalue weighted by molar-refractivity contribution is 5.92. The molecule has 1 N–H and O–H groups in total. The number of aliphatic hydroxyl groups is 1.